The van der Waals surface area contributed by atoms with E-state index in [0.717, 1.165) is 25.8 Å². The monoisotopic (exact) mass is 214 g/mol. The molecule has 1 aliphatic rings. The molecular weight excluding hydrogens is 192 g/mol. The van der Waals surface area contributed by atoms with Crippen LogP contribution in [0.4, 0.5) is 0 Å². The number of aliphatic hydroxyl groups excluding tert-OH is 1. The lowest BCUT2D eigenvalue weighted by molar-refractivity contribution is -0.121. The van der Waals surface area contributed by atoms with Gasteiger partial charge in [-0.3, -0.25) is 4.79 Å². The van der Waals surface area contributed by atoms with E-state index in [1.54, 1.807) is 7.05 Å². The summed E-state index contributed by atoms with van der Waals surface area (Å²) in [5, 5.41) is 15.5. The lowest BCUT2D eigenvalue weighted by Gasteiger charge is -2.18. The molecule has 0 heterocycles. The zero-order valence-electron chi connectivity index (χ0n) is 9.62. The van der Waals surface area contributed by atoms with Crippen molar-refractivity contribution in [1.29, 1.82) is 0 Å². The van der Waals surface area contributed by atoms with Crippen LogP contribution < -0.4 is 10.6 Å². The summed E-state index contributed by atoms with van der Waals surface area (Å²) in [7, 11) is 1.65. The van der Waals surface area contributed by atoms with Crippen LogP contribution in [0.2, 0.25) is 0 Å². The Hall–Kier alpha value is -0.610. The van der Waals surface area contributed by atoms with Gasteiger partial charge in [0.05, 0.1) is 6.10 Å². The van der Waals surface area contributed by atoms with E-state index in [1.807, 2.05) is 6.92 Å². The van der Waals surface area contributed by atoms with Gasteiger partial charge in [-0.1, -0.05) is 6.42 Å². The van der Waals surface area contributed by atoms with Gasteiger partial charge in [0.25, 0.3) is 0 Å². The SMILES string of the molecule is CNC(=O)CC(C)NCC1CCCC1O. The molecule has 1 fully saturated rings. The lowest BCUT2D eigenvalue weighted by Crippen LogP contribution is -2.37. The molecule has 0 aromatic carbocycles. The minimum absolute atomic E-state index is 0.0574. The summed E-state index contributed by atoms with van der Waals surface area (Å²) in [6, 6.07) is 0.178. The fourth-order valence-electron chi connectivity index (χ4n) is 2.06. The fraction of sp³-hybridized carbons (Fsp3) is 0.909. The van der Waals surface area contributed by atoms with Crippen LogP contribution in [0.3, 0.4) is 0 Å². The van der Waals surface area contributed by atoms with E-state index in [2.05, 4.69) is 10.6 Å². The Balaban J connectivity index is 2.15. The Morgan fingerprint density at radius 1 is 1.53 bits per heavy atom. The van der Waals surface area contributed by atoms with E-state index in [1.165, 1.54) is 0 Å². The quantitative estimate of drug-likeness (QED) is 0.615. The molecule has 0 spiro atoms. The van der Waals surface area contributed by atoms with E-state index in [-0.39, 0.29) is 18.1 Å². The highest BCUT2D eigenvalue weighted by Crippen LogP contribution is 2.24. The van der Waals surface area contributed by atoms with E-state index in [4.69, 9.17) is 0 Å². The fourth-order valence-corrected chi connectivity index (χ4v) is 2.06. The predicted molar refractivity (Wildman–Crippen MR) is 59.5 cm³/mol. The molecule has 15 heavy (non-hydrogen) atoms. The van der Waals surface area contributed by atoms with E-state index >= 15 is 0 Å². The van der Waals surface area contributed by atoms with E-state index in [0.29, 0.717) is 12.3 Å². The molecule has 1 rings (SSSR count). The van der Waals surface area contributed by atoms with Crippen molar-refractivity contribution in [1.82, 2.24) is 10.6 Å². The van der Waals surface area contributed by atoms with Gasteiger partial charge >= 0.3 is 0 Å². The molecule has 3 N–H and O–H groups in total. The van der Waals surface area contributed by atoms with Crippen molar-refractivity contribution in [2.75, 3.05) is 13.6 Å². The molecule has 4 nitrogen and oxygen atoms in total. The van der Waals surface area contributed by atoms with Crippen molar-refractivity contribution in [3.63, 3.8) is 0 Å². The van der Waals surface area contributed by atoms with Crippen molar-refractivity contribution >= 4 is 5.91 Å². The average molecular weight is 214 g/mol. The van der Waals surface area contributed by atoms with Crippen molar-refractivity contribution in [3.05, 3.63) is 0 Å². The maximum atomic E-state index is 11.1. The third-order valence-corrected chi connectivity index (χ3v) is 3.12. The molecule has 1 saturated carbocycles. The number of hydrogen-bond acceptors (Lipinski definition) is 3. The smallest absolute Gasteiger partial charge is 0.221 e. The Morgan fingerprint density at radius 2 is 2.27 bits per heavy atom. The average Bonchev–Trinajstić information content (AvgIpc) is 2.61. The highest BCUT2D eigenvalue weighted by molar-refractivity contribution is 5.76. The molecule has 1 aliphatic carbocycles. The van der Waals surface area contributed by atoms with Crippen LogP contribution in [0.5, 0.6) is 0 Å². The first-order valence-electron chi connectivity index (χ1n) is 5.75. The summed E-state index contributed by atoms with van der Waals surface area (Å²) >= 11 is 0. The van der Waals surface area contributed by atoms with Gasteiger partial charge in [-0.2, -0.15) is 0 Å². The third-order valence-electron chi connectivity index (χ3n) is 3.12. The molecule has 0 bridgehead atoms. The first kappa shape index (κ1) is 12.5. The highest BCUT2D eigenvalue weighted by atomic mass is 16.3. The van der Waals surface area contributed by atoms with Gasteiger partial charge in [0.1, 0.15) is 0 Å². The van der Waals surface area contributed by atoms with Crippen molar-refractivity contribution in [2.24, 2.45) is 5.92 Å². The number of hydrogen-bond donors (Lipinski definition) is 3. The number of amides is 1. The lowest BCUT2D eigenvalue weighted by atomic mass is 10.1. The van der Waals surface area contributed by atoms with Gasteiger partial charge in [-0.05, 0) is 25.7 Å². The molecular formula is C11H22N2O2. The number of nitrogens with one attached hydrogen (secondary N) is 2. The second kappa shape index (κ2) is 6.08. The Labute approximate surface area is 91.4 Å². The minimum atomic E-state index is -0.148. The molecule has 0 aliphatic heterocycles. The minimum Gasteiger partial charge on any atom is -0.393 e. The normalized spacial score (nSPS) is 27.7. The van der Waals surface area contributed by atoms with Crippen molar-refractivity contribution in [3.8, 4) is 0 Å². The standard InChI is InChI=1S/C11H22N2O2/c1-8(6-11(15)12-2)13-7-9-4-3-5-10(9)14/h8-10,13-14H,3-7H2,1-2H3,(H,12,15). The Kier molecular flexibility index (Phi) is 5.05. The zero-order chi connectivity index (χ0) is 11.3. The van der Waals surface area contributed by atoms with Crippen LogP contribution in [0.1, 0.15) is 32.6 Å². The summed E-state index contributed by atoms with van der Waals surface area (Å²) in [5.41, 5.74) is 0. The molecule has 1 amide bonds. The maximum Gasteiger partial charge on any atom is 0.221 e. The summed E-state index contributed by atoms with van der Waals surface area (Å²) in [4.78, 5) is 11.1. The van der Waals surface area contributed by atoms with Gasteiger partial charge in [-0.25, -0.2) is 0 Å². The van der Waals surface area contributed by atoms with Crippen LogP contribution >= 0.6 is 0 Å². The Bertz CT molecular complexity index is 209. The van der Waals surface area contributed by atoms with Crippen molar-refractivity contribution in [2.45, 2.75) is 44.8 Å². The maximum absolute atomic E-state index is 11.1. The topological polar surface area (TPSA) is 61.4 Å². The number of carbonyl (C=O) groups excluding carboxylic acids is 1. The van der Waals surface area contributed by atoms with Crippen LogP contribution in [0.15, 0.2) is 0 Å². The number of carbonyl (C=O) groups is 1. The first-order valence-corrected chi connectivity index (χ1v) is 5.75. The second-order valence-corrected chi connectivity index (χ2v) is 4.44. The van der Waals surface area contributed by atoms with Gasteiger partial charge < -0.3 is 15.7 Å². The predicted octanol–water partition coefficient (Wildman–Crippen LogP) is 0.262. The number of rotatable bonds is 5. The largest absolute Gasteiger partial charge is 0.393 e. The molecule has 0 aromatic rings. The van der Waals surface area contributed by atoms with E-state index in [9.17, 15) is 9.90 Å². The van der Waals surface area contributed by atoms with Gasteiger partial charge in [0.15, 0.2) is 0 Å². The molecule has 0 saturated heterocycles. The third kappa shape index (κ3) is 4.18. The van der Waals surface area contributed by atoms with Crippen molar-refractivity contribution < 1.29 is 9.90 Å². The summed E-state index contributed by atoms with van der Waals surface area (Å²) in [5.74, 6) is 0.430. The first-order chi connectivity index (χ1) is 7.13. The molecule has 0 aromatic heterocycles. The van der Waals surface area contributed by atoms with Gasteiger partial charge in [0, 0.05) is 26.1 Å². The van der Waals surface area contributed by atoms with Crippen LogP contribution in [0.25, 0.3) is 0 Å². The number of aliphatic hydroxyl groups is 1. The molecule has 88 valence electrons. The molecule has 0 radical (unpaired) electrons. The molecule has 4 heteroatoms. The van der Waals surface area contributed by atoms with Gasteiger partial charge in [-0.15, -0.1) is 0 Å². The zero-order valence-corrected chi connectivity index (χ0v) is 9.62. The Morgan fingerprint density at radius 3 is 2.80 bits per heavy atom. The molecule has 3 unspecified atom stereocenters. The van der Waals surface area contributed by atoms with Crippen LogP contribution in [-0.4, -0.2) is 36.8 Å². The van der Waals surface area contributed by atoms with E-state index < -0.39 is 0 Å². The highest BCUT2D eigenvalue weighted by Gasteiger charge is 2.25. The molecule has 3 atom stereocenters. The van der Waals surface area contributed by atoms with Crippen LogP contribution in [0, 0.1) is 5.92 Å². The second-order valence-electron chi connectivity index (χ2n) is 4.44. The summed E-state index contributed by atoms with van der Waals surface area (Å²) < 4.78 is 0. The summed E-state index contributed by atoms with van der Waals surface area (Å²) in [6.07, 6.45) is 3.50. The van der Waals surface area contributed by atoms with Gasteiger partial charge in [0.2, 0.25) is 5.91 Å². The van der Waals surface area contributed by atoms with Crippen LogP contribution in [-0.2, 0) is 4.79 Å². The summed E-state index contributed by atoms with van der Waals surface area (Å²) in [6.45, 7) is 2.82.